The van der Waals surface area contributed by atoms with Gasteiger partial charge in [0.2, 0.25) is 17.8 Å². The Morgan fingerprint density at radius 3 is 0.932 bits per heavy atom. The van der Waals surface area contributed by atoms with Crippen LogP contribution in [0.15, 0.2) is 448 Å². The lowest BCUT2D eigenvalue weighted by Crippen LogP contribution is -2.40. The molecular weight excluding hydrogens is 1870 g/mol. The monoisotopic (exact) mass is 1950 g/mol. The van der Waals surface area contributed by atoms with Gasteiger partial charge in [-0.1, -0.05) is 212 Å². The molecule has 0 fully saturated rings. The number of benzene rings is 12. The minimum Gasteiger partial charge on any atom is -0.328 e. The number of anilines is 12. The Morgan fingerprint density at radius 2 is 0.479 bits per heavy atom. The van der Waals surface area contributed by atoms with Gasteiger partial charge in [-0.2, -0.15) is 0 Å². The van der Waals surface area contributed by atoms with E-state index in [1.54, 1.807) is 0 Å². The van der Waals surface area contributed by atoms with E-state index in [1.165, 1.54) is 188 Å². The summed E-state index contributed by atoms with van der Waals surface area (Å²) in [6.07, 6.45) is 31.3. The first-order chi connectivity index (χ1) is 72.6. The number of pyridine rings is 2. The topological polar surface area (TPSA) is 152 Å². The molecule has 24 aromatic rings. The summed E-state index contributed by atoms with van der Waals surface area (Å²) in [6.45, 7) is 0. The van der Waals surface area contributed by atoms with Gasteiger partial charge in [0, 0.05) is 183 Å². The van der Waals surface area contributed by atoms with Crippen LogP contribution in [0.4, 0.5) is 69.0 Å². The first kappa shape index (κ1) is 82.5. The largest absolute Gasteiger partial charge is 0.328 e. The lowest BCUT2D eigenvalue weighted by Gasteiger charge is -2.44. The second kappa shape index (κ2) is 32.7. The number of fused-ring (bicyclic) bond motifs is 66. The van der Waals surface area contributed by atoms with E-state index >= 15 is 0 Å². The predicted octanol–water partition coefficient (Wildman–Crippen LogP) is 30.0. The highest BCUT2D eigenvalue weighted by Crippen LogP contribution is 2.65. The summed E-state index contributed by atoms with van der Waals surface area (Å²) >= 11 is 7.49. The highest BCUT2D eigenvalue weighted by Gasteiger charge is 2.48. The number of nitrogens with zero attached hydrogens (tertiary/aromatic N) is 20. The number of rotatable bonds is 0. The molecule has 0 spiro atoms. The zero-order valence-corrected chi connectivity index (χ0v) is 81.0. The second-order valence-corrected chi connectivity index (χ2v) is 41.1. The number of hydrogen-bond donors (Lipinski definition) is 0. The Bertz CT molecular complexity index is 8500. The minimum atomic E-state index is -0.0233. The van der Waals surface area contributed by atoms with Gasteiger partial charge in [-0.05, 0) is 176 Å². The lowest BCUT2D eigenvalue weighted by atomic mass is 9.80. The summed E-state index contributed by atoms with van der Waals surface area (Å²) in [5, 5.41) is 8.94. The van der Waals surface area contributed by atoms with Gasteiger partial charge in [0.1, 0.15) is 23.6 Å². The average Bonchev–Trinajstić information content (AvgIpc) is 1.65. The molecule has 2 atom stereocenters. The molecule has 2 unspecified atom stereocenters. The molecule has 12 aliphatic rings. The Labute approximate surface area is 854 Å². The molecule has 12 aromatic carbocycles. The number of aromatic nitrogens is 14. The summed E-state index contributed by atoms with van der Waals surface area (Å²) in [6, 6.07) is 117. The molecule has 0 radical (unpaired) electrons. The van der Waals surface area contributed by atoms with Crippen molar-refractivity contribution in [3.8, 4) is 115 Å². The molecule has 0 saturated carbocycles. The molecular formula is C122H80N20S4. The van der Waals surface area contributed by atoms with Crippen molar-refractivity contribution >= 4 is 114 Å². The van der Waals surface area contributed by atoms with Crippen molar-refractivity contribution in [3.05, 3.63) is 498 Å². The molecule has 36 rings (SSSR count). The van der Waals surface area contributed by atoms with Gasteiger partial charge in [0.05, 0.1) is 101 Å². The number of hydrogen-bond acceptors (Lipinski definition) is 18. The first-order valence-corrected chi connectivity index (χ1v) is 52.4. The molecule has 692 valence electrons. The highest BCUT2D eigenvalue weighted by molar-refractivity contribution is 7.22. The van der Waals surface area contributed by atoms with Crippen molar-refractivity contribution in [2.45, 2.75) is 36.6 Å². The van der Waals surface area contributed by atoms with Crippen molar-refractivity contribution in [1.82, 2.24) is 67.3 Å². The maximum Gasteiger partial charge on any atom is 0.217 e. The van der Waals surface area contributed by atoms with E-state index in [1.807, 2.05) is 138 Å². The van der Waals surface area contributed by atoms with Gasteiger partial charge in [-0.3, -0.25) is 42.6 Å². The zero-order chi connectivity index (χ0) is 95.5. The van der Waals surface area contributed by atoms with Crippen LogP contribution in [0.2, 0.25) is 0 Å². The quantitative estimate of drug-likeness (QED) is 0.142. The van der Waals surface area contributed by atoms with Crippen molar-refractivity contribution < 1.29 is 0 Å². The van der Waals surface area contributed by atoms with E-state index in [4.69, 9.17) is 4.98 Å². The van der Waals surface area contributed by atoms with Crippen LogP contribution in [-0.2, 0) is 0 Å². The summed E-state index contributed by atoms with van der Waals surface area (Å²) < 4.78 is 13.2. The van der Waals surface area contributed by atoms with Gasteiger partial charge in [0.25, 0.3) is 0 Å². The van der Waals surface area contributed by atoms with Crippen molar-refractivity contribution in [2.24, 2.45) is 0 Å². The van der Waals surface area contributed by atoms with Crippen LogP contribution in [0.5, 0.6) is 0 Å². The van der Waals surface area contributed by atoms with E-state index in [2.05, 4.69) is 447 Å². The van der Waals surface area contributed by atoms with Crippen molar-refractivity contribution in [3.63, 3.8) is 0 Å². The van der Waals surface area contributed by atoms with E-state index in [9.17, 15) is 0 Å². The van der Waals surface area contributed by atoms with Gasteiger partial charge in [-0.15, -0.1) is 45.3 Å². The Morgan fingerprint density at radius 1 is 0.185 bits per heavy atom. The number of para-hydroxylation sites is 10. The maximum atomic E-state index is 4.70. The molecule has 0 bridgehead atoms. The summed E-state index contributed by atoms with van der Waals surface area (Å²) in [4.78, 5) is 56.9. The van der Waals surface area contributed by atoms with Crippen LogP contribution in [-0.4, -0.2) is 67.3 Å². The Balaban J connectivity index is 0.0000000796. The normalized spacial score (nSPS) is 15.1. The SMILES string of the molecule is c1cc2c(s1)-c1sccc1N1c3ccsc3-c3sccc3C21.c1ccc2c(c1)-c1ccccc1N1c3ccccc3-c3nccn3C21.c1ccc2c(c1)-c1ccccc1N1c3nccn3-c3ccccc3C21.c1ccc2c(c1)-c1ccncc1C1c3cnccc3-c3ccccc3N21.c1ccc2c(c1)-c1nccn1C1N2c2ccccc2-c2nccn21.c1ccc2c(c1)C1c3ccccc3-n3ccnc3N1c1nccn1-2. The molecule has 24 heterocycles. The fraction of sp³-hybridized carbons (Fsp3) is 0.0492. The molecule has 24 heteroatoms. The van der Waals surface area contributed by atoms with E-state index in [0.29, 0.717) is 6.04 Å². The predicted molar refractivity (Wildman–Crippen MR) is 585 cm³/mol. The van der Waals surface area contributed by atoms with E-state index in [0.717, 1.165) is 46.4 Å². The van der Waals surface area contributed by atoms with Crippen molar-refractivity contribution in [1.29, 1.82) is 0 Å². The van der Waals surface area contributed by atoms with Gasteiger partial charge in [0.15, 0.2) is 6.29 Å². The standard InChI is InChI=1S/C23H15N3.2C22H15N3.2C19H13N5.C17H9NS4/c1-3-7-21-17(5-1)15-9-11-24-13-19(15)23-20-14-25-12-10-16(20)18-6-2-4-8-22(18)26(21)23;1-2-9-17-15(7-1)16-8-3-6-12-20(16)25-21(17)18-10-4-5-11-19(18)24-14-13-23-22(24)25;1-2-9-17-15(7-1)16-8-3-5-11-19(16)25-20-12-6-4-10-18(20)21-23-13-14-24(21)22(17)25;1-3-7-15-13(5-1)17-20-9-11-22(17)19-23-12-10-21-18(23)14-6-2-4-8-16(14)24(15)19;1-3-7-15-13(5-1)17-14-6-2-4-8-16(14)23-12-10-21-19(23)24(17)18-20-9-11-22(15)18;1-5-19-14-9(1)13-10-2-6-20-15(10)17-12(4-8-22-17)18(13)11-3-7-21-16(11)14/h1-14,23H;1-14,21H;1-14,22H;1-12,19H;1-12,17H;1-8,13H. The van der Waals surface area contributed by atoms with Crippen LogP contribution >= 0.6 is 45.3 Å². The van der Waals surface area contributed by atoms with Crippen LogP contribution in [0.3, 0.4) is 0 Å². The lowest BCUT2D eigenvalue weighted by molar-refractivity contribution is 0.431. The molecule has 12 aliphatic heterocycles. The van der Waals surface area contributed by atoms with E-state index < -0.39 is 0 Å². The molecule has 0 aliphatic carbocycles. The summed E-state index contributed by atoms with van der Waals surface area (Å²) in [5.74, 6) is 5.80. The fourth-order valence-corrected chi connectivity index (χ4v) is 28.5. The van der Waals surface area contributed by atoms with Gasteiger partial charge < -0.3 is 24.2 Å². The van der Waals surface area contributed by atoms with Gasteiger partial charge in [-0.25, -0.2) is 29.9 Å². The maximum absolute atomic E-state index is 4.70. The molecule has 0 N–H and O–H groups in total. The summed E-state index contributed by atoms with van der Waals surface area (Å²) in [7, 11) is 0. The minimum absolute atomic E-state index is 0.0233. The fourth-order valence-electron chi connectivity index (χ4n) is 24.5. The average molecular weight is 1950 g/mol. The molecule has 20 nitrogen and oxygen atoms in total. The molecule has 0 amide bonds. The molecule has 146 heavy (non-hydrogen) atoms. The highest BCUT2D eigenvalue weighted by atomic mass is 32.1. The van der Waals surface area contributed by atoms with Crippen LogP contribution in [0.1, 0.15) is 86.7 Å². The molecule has 12 aromatic heterocycles. The smallest absolute Gasteiger partial charge is 0.217 e. The van der Waals surface area contributed by atoms with Crippen LogP contribution < -0.4 is 29.4 Å². The number of imidazole rings is 6. The van der Waals surface area contributed by atoms with Gasteiger partial charge >= 0.3 is 0 Å². The zero-order valence-electron chi connectivity index (χ0n) is 77.8. The van der Waals surface area contributed by atoms with Crippen LogP contribution in [0.25, 0.3) is 115 Å². The van der Waals surface area contributed by atoms with Crippen molar-refractivity contribution in [2.75, 3.05) is 29.4 Å². The second-order valence-electron chi connectivity index (χ2n) is 37.4. The van der Waals surface area contributed by atoms with Crippen LogP contribution in [0, 0.1) is 0 Å². The molecule has 0 saturated heterocycles. The third kappa shape index (κ3) is 12.0. The first-order valence-electron chi connectivity index (χ1n) is 48.8. The third-order valence-electron chi connectivity index (χ3n) is 30.3. The third-order valence-corrected chi connectivity index (χ3v) is 34.3. The Hall–Kier alpha value is -18.2. The Kier molecular flexibility index (Phi) is 18.5. The number of thiophene rings is 4. The summed E-state index contributed by atoms with van der Waals surface area (Å²) in [5.41, 5.74) is 40.4. The van der Waals surface area contributed by atoms with E-state index in [-0.39, 0.29) is 30.6 Å².